The summed E-state index contributed by atoms with van der Waals surface area (Å²) in [7, 11) is 0. The number of aliphatic hydroxyl groups excluding tert-OH is 1. The zero-order valence-corrected chi connectivity index (χ0v) is 20.0. The van der Waals surface area contributed by atoms with E-state index < -0.39 is 0 Å². The van der Waals surface area contributed by atoms with Gasteiger partial charge in [-0.3, -0.25) is 0 Å². The average molecular weight is 401 g/mol. The van der Waals surface area contributed by atoms with E-state index in [4.69, 9.17) is 9.47 Å². The lowest BCUT2D eigenvalue weighted by Gasteiger charge is -2.23. The van der Waals surface area contributed by atoms with Crippen molar-refractivity contribution in [1.82, 2.24) is 0 Å². The molecule has 0 fully saturated rings. The summed E-state index contributed by atoms with van der Waals surface area (Å²) in [6, 6.07) is 0. The largest absolute Gasteiger partial charge is 0.393 e. The van der Waals surface area contributed by atoms with Crippen molar-refractivity contribution in [1.29, 1.82) is 0 Å². The zero-order valence-electron chi connectivity index (χ0n) is 20.0. The van der Waals surface area contributed by atoms with Gasteiger partial charge in [0.2, 0.25) is 0 Å². The van der Waals surface area contributed by atoms with E-state index in [0.29, 0.717) is 12.7 Å². The monoisotopic (exact) mass is 400 g/mol. The van der Waals surface area contributed by atoms with Crippen molar-refractivity contribution in [3.63, 3.8) is 0 Å². The van der Waals surface area contributed by atoms with Crippen LogP contribution in [0.4, 0.5) is 0 Å². The molecule has 0 aliphatic rings. The van der Waals surface area contributed by atoms with E-state index in [1.54, 1.807) is 0 Å². The molecule has 0 aromatic rings. The molecule has 3 nitrogen and oxygen atoms in total. The molecule has 0 aliphatic heterocycles. The fourth-order valence-corrected chi connectivity index (χ4v) is 4.57. The van der Waals surface area contributed by atoms with Crippen LogP contribution in [0.15, 0.2) is 0 Å². The smallest absolute Gasteiger partial charge is 0.146 e. The predicted octanol–water partition coefficient (Wildman–Crippen LogP) is 7.21. The summed E-state index contributed by atoms with van der Waals surface area (Å²) < 4.78 is 11.2. The van der Waals surface area contributed by atoms with Crippen molar-refractivity contribution in [2.75, 3.05) is 20.0 Å². The predicted molar refractivity (Wildman–Crippen MR) is 122 cm³/mol. The van der Waals surface area contributed by atoms with Gasteiger partial charge >= 0.3 is 0 Å². The van der Waals surface area contributed by atoms with Crippen LogP contribution in [0.3, 0.4) is 0 Å². The summed E-state index contributed by atoms with van der Waals surface area (Å²) >= 11 is 0. The van der Waals surface area contributed by atoms with Gasteiger partial charge in [0.1, 0.15) is 6.79 Å². The maximum Gasteiger partial charge on any atom is 0.146 e. The highest BCUT2D eigenvalue weighted by Crippen LogP contribution is 2.27. The van der Waals surface area contributed by atoms with Crippen LogP contribution in [0.5, 0.6) is 0 Å². The fraction of sp³-hybridized carbons (Fsp3) is 1.00. The Hall–Kier alpha value is -0.120. The van der Waals surface area contributed by atoms with Crippen molar-refractivity contribution in [2.45, 2.75) is 118 Å². The van der Waals surface area contributed by atoms with Gasteiger partial charge in [-0.25, -0.2) is 0 Å². The van der Waals surface area contributed by atoms with Crippen molar-refractivity contribution >= 4 is 0 Å². The Labute approximate surface area is 177 Å². The first-order valence-electron chi connectivity index (χ1n) is 12.2. The highest BCUT2D eigenvalue weighted by atomic mass is 16.7. The van der Waals surface area contributed by atoms with Crippen molar-refractivity contribution < 1.29 is 14.6 Å². The highest BCUT2D eigenvalue weighted by molar-refractivity contribution is 4.67. The van der Waals surface area contributed by atoms with Crippen LogP contribution < -0.4 is 0 Å². The molecular formula is C25H52O3. The molecule has 5 atom stereocenters. The van der Waals surface area contributed by atoms with Gasteiger partial charge in [0.25, 0.3) is 0 Å². The number of unbranched alkanes of at least 4 members (excludes halogenated alkanes) is 4. The molecule has 0 bridgehead atoms. The maximum atomic E-state index is 9.52. The molecule has 0 saturated carbocycles. The first-order chi connectivity index (χ1) is 13.3. The third-order valence-electron chi connectivity index (χ3n) is 5.70. The Morgan fingerprint density at radius 1 is 0.607 bits per heavy atom. The van der Waals surface area contributed by atoms with Gasteiger partial charge in [-0.2, -0.15) is 0 Å². The first-order valence-corrected chi connectivity index (χ1v) is 12.2. The second-order valence-corrected chi connectivity index (χ2v) is 9.70. The normalized spacial score (nSPS) is 17.2. The molecule has 0 spiro atoms. The Morgan fingerprint density at radius 3 is 1.68 bits per heavy atom. The molecule has 0 radical (unpaired) electrons. The van der Waals surface area contributed by atoms with E-state index in [1.165, 1.54) is 51.4 Å². The first kappa shape index (κ1) is 27.9. The van der Waals surface area contributed by atoms with E-state index in [1.807, 2.05) is 6.92 Å². The molecule has 28 heavy (non-hydrogen) atoms. The topological polar surface area (TPSA) is 38.7 Å². The van der Waals surface area contributed by atoms with Crippen LogP contribution in [0.1, 0.15) is 112 Å². The second-order valence-electron chi connectivity index (χ2n) is 9.70. The van der Waals surface area contributed by atoms with Crippen LogP contribution >= 0.6 is 0 Å². The minimum absolute atomic E-state index is 0.168. The third-order valence-corrected chi connectivity index (χ3v) is 5.70. The maximum absolute atomic E-state index is 9.52. The molecule has 0 aromatic heterocycles. The van der Waals surface area contributed by atoms with Gasteiger partial charge in [0, 0.05) is 13.2 Å². The van der Waals surface area contributed by atoms with Gasteiger partial charge in [-0.15, -0.1) is 0 Å². The van der Waals surface area contributed by atoms with Gasteiger partial charge < -0.3 is 14.6 Å². The highest BCUT2D eigenvalue weighted by Gasteiger charge is 2.15. The molecule has 0 rings (SSSR count). The summed E-state index contributed by atoms with van der Waals surface area (Å²) in [4.78, 5) is 0. The Balaban J connectivity index is 3.56. The van der Waals surface area contributed by atoms with Gasteiger partial charge in [-0.05, 0) is 75.5 Å². The summed E-state index contributed by atoms with van der Waals surface area (Å²) in [6.07, 6.45) is 13.4. The molecule has 170 valence electrons. The molecular weight excluding hydrogens is 348 g/mol. The number of hydrogen-bond acceptors (Lipinski definition) is 3. The van der Waals surface area contributed by atoms with Crippen LogP contribution in [-0.2, 0) is 9.47 Å². The summed E-state index contributed by atoms with van der Waals surface area (Å²) in [5.74, 6) is 2.91. The lowest BCUT2D eigenvalue weighted by molar-refractivity contribution is -0.0561. The lowest BCUT2D eigenvalue weighted by atomic mass is 9.83. The van der Waals surface area contributed by atoms with Crippen LogP contribution in [0.2, 0.25) is 0 Å². The van der Waals surface area contributed by atoms with Gasteiger partial charge in [-0.1, -0.05) is 60.3 Å². The third kappa shape index (κ3) is 19.2. The Bertz CT molecular complexity index is 319. The fourth-order valence-electron chi connectivity index (χ4n) is 4.57. The van der Waals surface area contributed by atoms with Crippen molar-refractivity contribution in [2.24, 2.45) is 23.7 Å². The Morgan fingerprint density at radius 2 is 1.11 bits per heavy atom. The molecule has 0 heterocycles. The number of aliphatic hydroxyl groups is 1. The zero-order chi connectivity index (χ0) is 21.2. The van der Waals surface area contributed by atoms with E-state index >= 15 is 0 Å². The standard InChI is InChI=1S/C25H52O3/c1-7-8-9-10-11-14-27-20-28-15-12-13-21(2)16-22(3)17-23(4)18-24(5)19-25(6)26/h21-26H,7-20H2,1-6H3. The van der Waals surface area contributed by atoms with Gasteiger partial charge in [0.15, 0.2) is 0 Å². The van der Waals surface area contributed by atoms with Crippen molar-refractivity contribution in [3.05, 3.63) is 0 Å². The molecule has 0 aromatic carbocycles. The molecule has 0 aliphatic carbocycles. The number of hydrogen-bond donors (Lipinski definition) is 1. The van der Waals surface area contributed by atoms with E-state index in [2.05, 4.69) is 34.6 Å². The van der Waals surface area contributed by atoms with Crippen LogP contribution in [0, 0.1) is 23.7 Å². The summed E-state index contributed by atoms with van der Waals surface area (Å²) in [6.45, 7) is 15.7. The Kier molecular flexibility index (Phi) is 18.8. The molecule has 3 heteroatoms. The molecule has 5 unspecified atom stereocenters. The minimum Gasteiger partial charge on any atom is -0.393 e. The SMILES string of the molecule is CCCCCCCOCOCCCC(C)CC(C)CC(C)CC(C)CC(C)O. The average Bonchev–Trinajstić information content (AvgIpc) is 2.58. The molecule has 1 N–H and O–H groups in total. The number of rotatable bonds is 20. The minimum atomic E-state index is -0.168. The lowest BCUT2D eigenvalue weighted by Crippen LogP contribution is -2.13. The van der Waals surface area contributed by atoms with Gasteiger partial charge in [0.05, 0.1) is 6.10 Å². The summed E-state index contributed by atoms with van der Waals surface area (Å²) in [5.41, 5.74) is 0. The summed E-state index contributed by atoms with van der Waals surface area (Å²) in [5, 5.41) is 9.52. The molecule has 0 amide bonds. The second kappa shape index (κ2) is 18.9. The van der Waals surface area contributed by atoms with E-state index in [-0.39, 0.29) is 6.10 Å². The molecule has 0 saturated heterocycles. The van der Waals surface area contributed by atoms with E-state index in [9.17, 15) is 5.11 Å². The van der Waals surface area contributed by atoms with Crippen LogP contribution in [0.25, 0.3) is 0 Å². The number of ether oxygens (including phenoxy) is 2. The van der Waals surface area contributed by atoms with Crippen molar-refractivity contribution in [3.8, 4) is 0 Å². The van der Waals surface area contributed by atoms with E-state index in [0.717, 1.165) is 50.2 Å². The quantitative estimate of drug-likeness (QED) is 0.173. The van der Waals surface area contributed by atoms with Crippen LogP contribution in [-0.4, -0.2) is 31.2 Å².